The van der Waals surface area contributed by atoms with Crippen LogP contribution in [0.1, 0.15) is 19.4 Å². The number of hydrogen-bond donors (Lipinski definition) is 2. The molecule has 2 N–H and O–H groups in total. The Kier molecular flexibility index (Phi) is 9.00. The third-order valence-corrected chi connectivity index (χ3v) is 2.80. The van der Waals surface area contributed by atoms with Crippen LogP contribution in [-0.2, 0) is 11.2 Å². The van der Waals surface area contributed by atoms with Crippen LogP contribution in [0.2, 0.25) is 0 Å². The number of halogens is 1. The van der Waals surface area contributed by atoms with Crippen molar-refractivity contribution in [3.05, 3.63) is 29.8 Å². The molecule has 108 valence electrons. The molecule has 5 heteroatoms. The number of aryl methyl sites for hydroxylation is 1. The number of carbonyl (C=O) groups is 1. The van der Waals surface area contributed by atoms with Crippen molar-refractivity contribution in [2.45, 2.75) is 26.3 Å². The van der Waals surface area contributed by atoms with E-state index < -0.39 is 0 Å². The monoisotopic (exact) mass is 286 g/mol. The van der Waals surface area contributed by atoms with Crippen molar-refractivity contribution in [2.24, 2.45) is 0 Å². The summed E-state index contributed by atoms with van der Waals surface area (Å²) in [6.45, 7) is 4.77. The molecule has 0 aromatic heterocycles. The van der Waals surface area contributed by atoms with Crippen molar-refractivity contribution in [1.29, 1.82) is 0 Å². The molecule has 1 unspecified atom stereocenters. The number of amides is 1. The predicted octanol–water partition coefficient (Wildman–Crippen LogP) is 1.77. The standard InChI is InChI=1S/C14H22N2O2.ClH/c1-4-12-5-7-13(8-6-12)18-10-14(17)16-9-11(2)15-3;/h5-8,11,15H,4,9-10H2,1-3H3,(H,16,17);1H. The van der Waals surface area contributed by atoms with Crippen LogP contribution >= 0.6 is 12.4 Å². The Balaban J connectivity index is 0.00000324. The van der Waals surface area contributed by atoms with Gasteiger partial charge >= 0.3 is 0 Å². The fourth-order valence-corrected chi connectivity index (χ4v) is 1.39. The zero-order chi connectivity index (χ0) is 13.4. The maximum Gasteiger partial charge on any atom is 0.257 e. The van der Waals surface area contributed by atoms with Gasteiger partial charge in [0.25, 0.3) is 5.91 Å². The summed E-state index contributed by atoms with van der Waals surface area (Å²) in [6, 6.07) is 8.06. The quantitative estimate of drug-likeness (QED) is 0.803. The lowest BCUT2D eigenvalue weighted by Crippen LogP contribution is -2.39. The summed E-state index contributed by atoms with van der Waals surface area (Å²) in [5.74, 6) is 0.626. The van der Waals surface area contributed by atoms with Crippen LogP contribution in [0, 0.1) is 0 Å². The van der Waals surface area contributed by atoms with E-state index in [9.17, 15) is 4.79 Å². The SMILES string of the molecule is CCc1ccc(OCC(=O)NCC(C)NC)cc1.Cl. The van der Waals surface area contributed by atoms with Crippen molar-refractivity contribution in [1.82, 2.24) is 10.6 Å². The van der Waals surface area contributed by atoms with E-state index in [4.69, 9.17) is 4.74 Å². The number of nitrogens with one attached hydrogen (secondary N) is 2. The number of likely N-dealkylation sites (N-methyl/N-ethyl adjacent to an activating group) is 1. The Morgan fingerprint density at radius 3 is 2.47 bits per heavy atom. The van der Waals surface area contributed by atoms with Crippen LogP contribution in [-0.4, -0.2) is 32.1 Å². The number of ether oxygens (including phenoxy) is 1. The van der Waals surface area contributed by atoms with Gasteiger partial charge in [0.2, 0.25) is 0 Å². The van der Waals surface area contributed by atoms with Gasteiger partial charge < -0.3 is 15.4 Å². The average Bonchev–Trinajstić information content (AvgIpc) is 2.42. The Morgan fingerprint density at radius 1 is 1.32 bits per heavy atom. The van der Waals surface area contributed by atoms with Crippen molar-refractivity contribution < 1.29 is 9.53 Å². The molecule has 0 heterocycles. The second-order valence-corrected chi connectivity index (χ2v) is 4.28. The maximum absolute atomic E-state index is 11.5. The van der Waals surface area contributed by atoms with Gasteiger partial charge in [0.05, 0.1) is 0 Å². The molecule has 4 nitrogen and oxygen atoms in total. The molecule has 1 atom stereocenters. The topological polar surface area (TPSA) is 50.4 Å². The largest absolute Gasteiger partial charge is 0.484 e. The van der Waals surface area contributed by atoms with Crippen molar-refractivity contribution in [3.8, 4) is 5.75 Å². The first-order valence-electron chi connectivity index (χ1n) is 6.31. The molecule has 0 aliphatic heterocycles. The summed E-state index contributed by atoms with van der Waals surface area (Å²) in [6.07, 6.45) is 1.00. The summed E-state index contributed by atoms with van der Waals surface area (Å²) in [5, 5.41) is 5.85. The lowest BCUT2D eigenvalue weighted by atomic mass is 10.2. The Labute approximate surface area is 121 Å². The Morgan fingerprint density at radius 2 is 1.95 bits per heavy atom. The fraction of sp³-hybridized carbons (Fsp3) is 0.500. The first-order valence-corrected chi connectivity index (χ1v) is 6.31. The second-order valence-electron chi connectivity index (χ2n) is 4.28. The van der Waals surface area contributed by atoms with E-state index in [2.05, 4.69) is 17.6 Å². The van der Waals surface area contributed by atoms with Gasteiger partial charge in [-0.3, -0.25) is 4.79 Å². The number of hydrogen-bond acceptors (Lipinski definition) is 3. The highest BCUT2D eigenvalue weighted by atomic mass is 35.5. The number of benzene rings is 1. The number of rotatable bonds is 7. The molecule has 0 bridgehead atoms. The van der Waals surface area contributed by atoms with E-state index in [-0.39, 0.29) is 31.0 Å². The van der Waals surface area contributed by atoms with E-state index in [0.717, 1.165) is 12.2 Å². The second kappa shape index (κ2) is 9.64. The molecule has 1 rings (SSSR count). The molecule has 0 aliphatic rings. The minimum absolute atomic E-state index is 0. The highest BCUT2D eigenvalue weighted by molar-refractivity contribution is 5.85. The third-order valence-electron chi connectivity index (χ3n) is 2.80. The van der Waals surface area contributed by atoms with Crippen LogP contribution in [0.5, 0.6) is 5.75 Å². The van der Waals surface area contributed by atoms with Crippen LogP contribution in [0.25, 0.3) is 0 Å². The van der Waals surface area contributed by atoms with Gasteiger partial charge in [-0.15, -0.1) is 12.4 Å². The fourth-order valence-electron chi connectivity index (χ4n) is 1.39. The smallest absolute Gasteiger partial charge is 0.257 e. The van der Waals surface area contributed by atoms with E-state index in [0.29, 0.717) is 6.54 Å². The van der Waals surface area contributed by atoms with Gasteiger partial charge in [0.15, 0.2) is 6.61 Å². The minimum atomic E-state index is -0.100. The van der Waals surface area contributed by atoms with Crippen molar-refractivity contribution in [2.75, 3.05) is 20.2 Å². The van der Waals surface area contributed by atoms with E-state index in [1.165, 1.54) is 5.56 Å². The molecule has 0 fully saturated rings. The van der Waals surface area contributed by atoms with Crippen LogP contribution in [0.3, 0.4) is 0 Å². The minimum Gasteiger partial charge on any atom is -0.484 e. The summed E-state index contributed by atoms with van der Waals surface area (Å²) in [5.41, 5.74) is 1.26. The van der Waals surface area contributed by atoms with E-state index >= 15 is 0 Å². The van der Waals surface area contributed by atoms with Gasteiger partial charge in [-0.2, -0.15) is 0 Å². The van der Waals surface area contributed by atoms with Gasteiger partial charge in [-0.1, -0.05) is 19.1 Å². The zero-order valence-electron chi connectivity index (χ0n) is 11.7. The molecular weight excluding hydrogens is 264 g/mol. The maximum atomic E-state index is 11.5. The average molecular weight is 287 g/mol. The van der Waals surface area contributed by atoms with Crippen LogP contribution in [0.4, 0.5) is 0 Å². The van der Waals surface area contributed by atoms with E-state index in [1.54, 1.807) is 0 Å². The summed E-state index contributed by atoms with van der Waals surface area (Å²) >= 11 is 0. The van der Waals surface area contributed by atoms with Crippen LogP contribution in [0.15, 0.2) is 24.3 Å². The third kappa shape index (κ3) is 7.03. The van der Waals surface area contributed by atoms with Gasteiger partial charge in [0.1, 0.15) is 5.75 Å². The molecule has 19 heavy (non-hydrogen) atoms. The zero-order valence-corrected chi connectivity index (χ0v) is 12.5. The van der Waals surface area contributed by atoms with Gasteiger partial charge in [-0.25, -0.2) is 0 Å². The molecule has 1 aromatic rings. The summed E-state index contributed by atoms with van der Waals surface area (Å²) in [4.78, 5) is 11.5. The van der Waals surface area contributed by atoms with Crippen molar-refractivity contribution >= 4 is 18.3 Å². The van der Waals surface area contributed by atoms with Gasteiger partial charge in [0, 0.05) is 12.6 Å². The molecule has 1 aromatic carbocycles. The molecule has 0 spiro atoms. The lowest BCUT2D eigenvalue weighted by Gasteiger charge is -2.12. The highest BCUT2D eigenvalue weighted by Crippen LogP contribution is 2.12. The van der Waals surface area contributed by atoms with Crippen molar-refractivity contribution in [3.63, 3.8) is 0 Å². The van der Waals surface area contributed by atoms with Gasteiger partial charge in [-0.05, 0) is 38.1 Å². The first-order chi connectivity index (χ1) is 8.65. The Hall–Kier alpha value is -1.26. The Bertz CT molecular complexity index is 368. The highest BCUT2D eigenvalue weighted by Gasteiger charge is 2.04. The predicted molar refractivity (Wildman–Crippen MR) is 80.1 cm³/mol. The molecule has 0 aliphatic carbocycles. The summed E-state index contributed by atoms with van der Waals surface area (Å²) < 4.78 is 5.40. The van der Waals surface area contributed by atoms with Crippen LogP contribution < -0.4 is 15.4 Å². The lowest BCUT2D eigenvalue weighted by molar-refractivity contribution is -0.123. The molecule has 1 amide bonds. The molecule has 0 saturated carbocycles. The number of carbonyl (C=O) groups excluding carboxylic acids is 1. The molecule has 0 saturated heterocycles. The van der Waals surface area contributed by atoms with E-state index in [1.807, 2.05) is 38.2 Å². The first kappa shape index (κ1) is 17.7. The summed E-state index contributed by atoms with van der Waals surface area (Å²) in [7, 11) is 1.86. The molecule has 0 radical (unpaired) electrons. The molecular formula is C14H23ClN2O2. The normalized spacial score (nSPS) is 11.3.